The lowest BCUT2D eigenvalue weighted by Gasteiger charge is -2.35. The monoisotopic (exact) mass is 227 g/mol. The number of aliphatic carboxylic acids is 1. The molecule has 2 rings (SSSR count). The van der Waals surface area contributed by atoms with Crippen molar-refractivity contribution in [3.63, 3.8) is 0 Å². The van der Waals surface area contributed by atoms with E-state index < -0.39 is 11.4 Å². The summed E-state index contributed by atoms with van der Waals surface area (Å²) >= 11 is 0. The molecule has 4 heteroatoms. The van der Waals surface area contributed by atoms with E-state index in [0.29, 0.717) is 26.2 Å². The average molecular weight is 227 g/mol. The summed E-state index contributed by atoms with van der Waals surface area (Å²) in [6.45, 7) is 5.98. The molecular formula is C12H21NO3. The summed E-state index contributed by atoms with van der Waals surface area (Å²) in [6, 6.07) is 0. The van der Waals surface area contributed by atoms with E-state index in [1.807, 2.05) is 0 Å². The Morgan fingerprint density at radius 1 is 1.50 bits per heavy atom. The topological polar surface area (TPSA) is 49.8 Å². The molecule has 2 aliphatic rings. The molecule has 0 spiro atoms. The van der Waals surface area contributed by atoms with E-state index in [1.54, 1.807) is 0 Å². The van der Waals surface area contributed by atoms with Crippen LogP contribution in [0.3, 0.4) is 0 Å². The van der Waals surface area contributed by atoms with Gasteiger partial charge in [0.2, 0.25) is 0 Å². The van der Waals surface area contributed by atoms with Gasteiger partial charge in [-0.1, -0.05) is 6.92 Å². The molecule has 1 unspecified atom stereocenters. The Kier molecular flexibility index (Phi) is 3.50. The highest BCUT2D eigenvalue weighted by molar-refractivity contribution is 5.75. The molecular weight excluding hydrogens is 206 g/mol. The Bertz CT molecular complexity index is 253. The number of nitrogens with zero attached hydrogens (tertiary/aromatic N) is 1. The lowest BCUT2D eigenvalue weighted by Crippen LogP contribution is -2.46. The number of hydrogen-bond donors (Lipinski definition) is 1. The minimum Gasteiger partial charge on any atom is -0.481 e. The Hall–Kier alpha value is -0.610. The van der Waals surface area contributed by atoms with Crippen molar-refractivity contribution in [1.82, 2.24) is 4.90 Å². The van der Waals surface area contributed by atoms with Gasteiger partial charge in [-0.05, 0) is 38.3 Å². The minimum atomic E-state index is -0.691. The van der Waals surface area contributed by atoms with Crippen molar-refractivity contribution in [2.24, 2.45) is 11.3 Å². The van der Waals surface area contributed by atoms with E-state index in [-0.39, 0.29) is 0 Å². The van der Waals surface area contributed by atoms with Gasteiger partial charge in [0, 0.05) is 13.2 Å². The molecule has 92 valence electrons. The largest absolute Gasteiger partial charge is 0.481 e. The maximum absolute atomic E-state index is 11.4. The molecule has 16 heavy (non-hydrogen) atoms. The van der Waals surface area contributed by atoms with Crippen LogP contribution in [-0.4, -0.2) is 48.8 Å². The van der Waals surface area contributed by atoms with Crippen molar-refractivity contribution >= 4 is 5.97 Å². The smallest absolute Gasteiger partial charge is 0.313 e. The minimum absolute atomic E-state index is 0.383. The maximum atomic E-state index is 11.4. The molecule has 4 nitrogen and oxygen atoms in total. The fourth-order valence-corrected chi connectivity index (χ4v) is 2.62. The molecule has 1 N–H and O–H groups in total. The van der Waals surface area contributed by atoms with Crippen LogP contribution in [0.5, 0.6) is 0 Å². The zero-order chi connectivity index (χ0) is 11.6. The normalized spacial score (nSPS) is 33.1. The molecule has 0 aromatic heterocycles. The zero-order valence-corrected chi connectivity index (χ0v) is 9.95. The first-order valence-corrected chi connectivity index (χ1v) is 6.16. The maximum Gasteiger partial charge on any atom is 0.313 e. The number of carboxylic acid groups (broad SMARTS) is 1. The summed E-state index contributed by atoms with van der Waals surface area (Å²) in [6.07, 6.45) is 3.04. The molecule has 0 aliphatic carbocycles. The lowest BCUT2D eigenvalue weighted by molar-refractivity contribution is -0.150. The summed E-state index contributed by atoms with van der Waals surface area (Å²) in [4.78, 5) is 13.6. The van der Waals surface area contributed by atoms with Crippen LogP contribution >= 0.6 is 0 Å². The van der Waals surface area contributed by atoms with E-state index in [4.69, 9.17) is 4.74 Å². The zero-order valence-electron chi connectivity index (χ0n) is 9.95. The third-order valence-corrected chi connectivity index (χ3v) is 3.96. The van der Waals surface area contributed by atoms with Gasteiger partial charge in [-0.25, -0.2) is 0 Å². The molecule has 2 saturated heterocycles. The highest BCUT2D eigenvalue weighted by atomic mass is 16.5. The van der Waals surface area contributed by atoms with Crippen LogP contribution in [0.4, 0.5) is 0 Å². The highest BCUT2D eigenvalue weighted by Crippen LogP contribution is 2.31. The van der Waals surface area contributed by atoms with Gasteiger partial charge in [-0.2, -0.15) is 0 Å². The average Bonchev–Trinajstić information content (AvgIpc) is 2.71. The number of piperidine rings is 1. The molecule has 0 bridgehead atoms. The van der Waals surface area contributed by atoms with Crippen LogP contribution in [0, 0.1) is 11.3 Å². The van der Waals surface area contributed by atoms with Crippen molar-refractivity contribution in [1.29, 1.82) is 0 Å². The second-order valence-corrected chi connectivity index (χ2v) is 5.35. The van der Waals surface area contributed by atoms with Crippen molar-refractivity contribution in [3.8, 4) is 0 Å². The first-order chi connectivity index (χ1) is 7.62. The Labute approximate surface area is 96.6 Å². The molecule has 1 atom stereocenters. The number of hydrogen-bond acceptors (Lipinski definition) is 3. The molecule has 2 fully saturated rings. The first kappa shape index (κ1) is 11.9. The standard InChI is InChI=1S/C12H21NO3/c1-10-2-5-13(6-3-10)8-12(11(14)15)4-7-16-9-12/h10H,2-9H2,1H3,(H,14,15). The van der Waals surface area contributed by atoms with Gasteiger partial charge in [0.1, 0.15) is 5.41 Å². The molecule has 2 heterocycles. The van der Waals surface area contributed by atoms with E-state index in [2.05, 4.69) is 11.8 Å². The SMILES string of the molecule is CC1CCN(CC2(C(=O)O)CCOC2)CC1. The molecule has 0 aromatic rings. The van der Waals surface area contributed by atoms with Crippen molar-refractivity contribution < 1.29 is 14.6 Å². The second-order valence-electron chi connectivity index (χ2n) is 5.35. The van der Waals surface area contributed by atoms with Gasteiger partial charge < -0.3 is 14.7 Å². The number of likely N-dealkylation sites (tertiary alicyclic amines) is 1. The Balaban J connectivity index is 1.93. The van der Waals surface area contributed by atoms with Crippen LogP contribution in [0.2, 0.25) is 0 Å². The molecule has 2 aliphatic heterocycles. The molecule has 0 aromatic carbocycles. The van der Waals surface area contributed by atoms with Gasteiger partial charge in [0.15, 0.2) is 0 Å². The van der Waals surface area contributed by atoms with Crippen LogP contribution < -0.4 is 0 Å². The van der Waals surface area contributed by atoms with E-state index >= 15 is 0 Å². The van der Waals surface area contributed by atoms with Gasteiger partial charge in [0.05, 0.1) is 6.61 Å². The van der Waals surface area contributed by atoms with Crippen molar-refractivity contribution in [2.45, 2.75) is 26.2 Å². The summed E-state index contributed by atoms with van der Waals surface area (Å²) < 4.78 is 5.28. The Morgan fingerprint density at radius 3 is 2.69 bits per heavy atom. The molecule has 0 amide bonds. The molecule has 0 radical (unpaired) electrons. The summed E-state index contributed by atoms with van der Waals surface area (Å²) in [5.74, 6) is 0.0977. The fraction of sp³-hybridized carbons (Fsp3) is 0.917. The fourth-order valence-electron chi connectivity index (χ4n) is 2.62. The van der Waals surface area contributed by atoms with E-state index in [9.17, 15) is 9.90 Å². The number of carboxylic acids is 1. The number of carbonyl (C=O) groups is 1. The summed E-state index contributed by atoms with van der Waals surface area (Å²) in [5.41, 5.74) is -0.638. The third-order valence-electron chi connectivity index (χ3n) is 3.96. The van der Waals surface area contributed by atoms with Gasteiger partial charge in [-0.15, -0.1) is 0 Å². The number of ether oxygens (including phenoxy) is 1. The Morgan fingerprint density at radius 2 is 2.19 bits per heavy atom. The quantitative estimate of drug-likeness (QED) is 0.787. The number of rotatable bonds is 3. The van der Waals surface area contributed by atoms with E-state index in [1.165, 1.54) is 12.8 Å². The third kappa shape index (κ3) is 2.38. The van der Waals surface area contributed by atoms with Crippen LogP contribution in [-0.2, 0) is 9.53 Å². The highest BCUT2D eigenvalue weighted by Gasteiger charge is 2.44. The predicted octanol–water partition coefficient (Wildman–Crippen LogP) is 1.21. The van der Waals surface area contributed by atoms with Gasteiger partial charge >= 0.3 is 5.97 Å². The van der Waals surface area contributed by atoms with Crippen LogP contribution in [0.25, 0.3) is 0 Å². The van der Waals surface area contributed by atoms with E-state index in [0.717, 1.165) is 19.0 Å². The van der Waals surface area contributed by atoms with Gasteiger partial charge in [0.25, 0.3) is 0 Å². The summed E-state index contributed by atoms with van der Waals surface area (Å²) in [7, 11) is 0. The molecule has 0 saturated carbocycles. The van der Waals surface area contributed by atoms with Crippen LogP contribution in [0.1, 0.15) is 26.2 Å². The van der Waals surface area contributed by atoms with Crippen LogP contribution in [0.15, 0.2) is 0 Å². The van der Waals surface area contributed by atoms with Crippen molar-refractivity contribution in [3.05, 3.63) is 0 Å². The lowest BCUT2D eigenvalue weighted by atomic mass is 9.85. The summed E-state index contributed by atoms with van der Waals surface area (Å²) in [5, 5.41) is 9.34. The first-order valence-electron chi connectivity index (χ1n) is 6.16. The van der Waals surface area contributed by atoms with Crippen molar-refractivity contribution in [2.75, 3.05) is 32.8 Å². The van der Waals surface area contributed by atoms with Gasteiger partial charge in [-0.3, -0.25) is 4.79 Å². The predicted molar refractivity (Wildman–Crippen MR) is 60.3 cm³/mol. The second kappa shape index (κ2) is 4.72.